The number of halogens is 1. The van der Waals surface area contributed by atoms with E-state index in [2.05, 4.69) is 46.8 Å². The van der Waals surface area contributed by atoms with Gasteiger partial charge < -0.3 is 14.6 Å². The number of pyridine rings is 1. The fraction of sp³-hybridized carbons (Fsp3) is 0.293. The van der Waals surface area contributed by atoms with Crippen LogP contribution in [0, 0.1) is 15.5 Å². The Morgan fingerprint density at radius 2 is 1.84 bits per heavy atom. The minimum absolute atomic E-state index is 0.0488. The van der Waals surface area contributed by atoms with Gasteiger partial charge in [0.05, 0.1) is 38.7 Å². The molecular formula is C41H39ClN8O5S. The van der Waals surface area contributed by atoms with Gasteiger partial charge in [0.1, 0.15) is 17.1 Å². The summed E-state index contributed by atoms with van der Waals surface area (Å²) in [4.78, 5) is 37.3. The SMILES string of the molecule is O=C(NS(=O)c1cc([N+](=O)[O-])c2cn[nH]c2c1)c1ccc(N2CCN(CC3=C(c4ccc(Cl)cc4)CC4(CCC4)CC3)CC2)cc1Oc1cnc2[nH]ccc2c1. The number of rotatable bonds is 10. The third-order valence-corrected chi connectivity index (χ3v) is 12.9. The number of anilines is 1. The predicted molar refractivity (Wildman–Crippen MR) is 216 cm³/mol. The summed E-state index contributed by atoms with van der Waals surface area (Å²) >= 11 is 6.27. The Morgan fingerprint density at radius 3 is 2.61 bits per heavy atom. The summed E-state index contributed by atoms with van der Waals surface area (Å²) in [5.41, 5.74) is 6.59. The number of allylic oxidation sites excluding steroid dienone is 1. The molecular weight excluding hydrogens is 752 g/mol. The van der Waals surface area contributed by atoms with Crippen molar-refractivity contribution in [2.24, 2.45) is 5.41 Å². The maximum absolute atomic E-state index is 13.8. The Bertz CT molecular complexity index is 2540. The van der Waals surface area contributed by atoms with Crippen LogP contribution in [0.2, 0.25) is 5.02 Å². The van der Waals surface area contributed by atoms with Gasteiger partial charge in [-0.05, 0) is 91.1 Å². The van der Waals surface area contributed by atoms with Crippen molar-refractivity contribution in [3.05, 3.63) is 117 Å². The molecule has 3 aromatic heterocycles. The van der Waals surface area contributed by atoms with Crippen LogP contribution in [-0.2, 0) is 11.0 Å². The largest absolute Gasteiger partial charge is 0.455 e. The zero-order valence-corrected chi connectivity index (χ0v) is 32.0. The number of hydrogen-bond donors (Lipinski definition) is 3. The highest BCUT2D eigenvalue weighted by molar-refractivity contribution is 7.83. The topological polar surface area (TPSA) is 162 Å². The molecule has 1 unspecified atom stereocenters. The van der Waals surface area contributed by atoms with Gasteiger partial charge in [0.2, 0.25) is 0 Å². The number of fused-ring (bicyclic) bond motifs is 2. The molecule has 1 saturated heterocycles. The Labute approximate surface area is 329 Å². The monoisotopic (exact) mass is 790 g/mol. The highest BCUT2D eigenvalue weighted by Crippen LogP contribution is 2.55. The normalized spacial score (nSPS) is 17.6. The third kappa shape index (κ3) is 7.15. The second-order valence-corrected chi connectivity index (χ2v) is 16.6. The van der Waals surface area contributed by atoms with E-state index in [4.69, 9.17) is 16.3 Å². The minimum Gasteiger partial charge on any atom is -0.455 e. The van der Waals surface area contributed by atoms with Crippen molar-refractivity contribution >= 4 is 67.4 Å². The first-order chi connectivity index (χ1) is 27.2. The number of carbonyl (C=O) groups excluding carboxylic acids is 1. The average molecular weight is 791 g/mol. The fourth-order valence-corrected chi connectivity index (χ4v) is 9.34. The molecule has 9 rings (SSSR count). The summed E-state index contributed by atoms with van der Waals surface area (Å²) in [6.45, 7) is 4.27. The lowest BCUT2D eigenvalue weighted by Gasteiger charge is -2.47. The van der Waals surface area contributed by atoms with Gasteiger partial charge in [0.25, 0.3) is 11.6 Å². The second kappa shape index (κ2) is 14.8. The summed E-state index contributed by atoms with van der Waals surface area (Å²) in [6.07, 6.45) is 12.2. The van der Waals surface area contributed by atoms with Crippen molar-refractivity contribution in [1.29, 1.82) is 0 Å². The Morgan fingerprint density at radius 1 is 1.02 bits per heavy atom. The Kier molecular flexibility index (Phi) is 9.55. The lowest BCUT2D eigenvalue weighted by molar-refractivity contribution is -0.383. The van der Waals surface area contributed by atoms with E-state index in [1.165, 1.54) is 60.7 Å². The van der Waals surface area contributed by atoms with Crippen molar-refractivity contribution in [1.82, 2.24) is 29.8 Å². The molecule has 6 aromatic rings. The van der Waals surface area contributed by atoms with E-state index < -0.39 is 21.8 Å². The first-order valence-electron chi connectivity index (χ1n) is 18.7. The number of ether oxygens (including phenoxy) is 1. The number of aromatic nitrogens is 4. The number of nitrogens with zero attached hydrogens (tertiary/aromatic N) is 5. The quantitative estimate of drug-likeness (QED) is 0.0918. The summed E-state index contributed by atoms with van der Waals surface area (Å²) in [7, 11) is -2.13. The van der Waals surface area contributed by atoms with E-state index in [1.54, 1.807) is 18.5 Å². The summed E-state index contributed by atoms with van der Waals surface area (Å²) in [5, 5.41) is 20.2. The number of piperazine rings is 1. The number of benzene rings is 3. The van der Waals surface area contributed by atoms with Gasteiger partial charge in [-0.3, -0.25) is 29.6 Å². The van der Waals surface area contributed by atoms with Gasteiger partial charge in [-0.2, -0.15) is 5.10 Å². The van der Waals surface area contributed by atoms with Crippen molar-refractivity contribution in [3.8, 4) is 11.5 Å². The highest BCUT2D eigenvalue weighted by atomic mass is 35.5. The zero-order chi connectivity index (χ0) is 38.4. The molecule has 0 radical (unpaired) electrons. The maximum atomic E-state index is 13.8. The van der Waals surface area contributed by atoms with Crippen molar-refractivity contribution in [2.75, 3.05) is 37.6 Å². The van der Waals surface area contributed by atoms with Crippen LogP contribution < -0.4 is 14.4 Å². The number of nitrogens with one attached hydrogen (secondary N) is 3. The molecule has 1 aliphatic heterocycles. The second-order valence-electron chi connectivity index (χ2n) is 15.0. The number of nitro benzene ring substituents is 1. The standard InChI is InChI=1S/C41H39ClN8O5S/c42-29-4-2-26(3-5-29)34-22-41(10-1-11-41)12-8-28(34)25-48-14-16-49(17-15-48)30-6-7-33(38(19-30)55-31-18-27-9-13-43-39(27)44-23-31)40(51)47-56(54)32-20-36-35(24-45-46-36)37(21-32)50(52)53/h2-7,9,13,18-21,23-24H,1,8,10-12,14-17,22,25H2,(H,43,44)(H,45,46)(H,47,51). The number of non-ortho nitro benzene ring substituents is 1. The van der Waals surface area contributed by atoms with Crippen LogP contribution in [-0.4, -0.2) is 72.8 Å². The Balaban J connectivity index is 0.944. The fourth-order valence-electron chi connectivity index (χ4n) is 8.37. The smallest absolute Gasteiger partial charge is 0.281 e. The number of amides is 1. The molecule has 286 valence electrons. The van der Waals surface area contributed by atoms with E-state index in [9.17, 15) is 19.1 Å². The van der Waals surface area contributed by atoms with Crippen LogP contribution >= 0.6 is 11.6 Å². The summed E-state index contributed by atoms with van der Waals surface area (Å²) in [5.74, 6) is 0.0187. The number of hydrogen-bond acceptors (Lipinski definition) is 9. The van der Waals surface area contributed by atoms with E-state index in [-0.39, 0.29) is 27.3 Å². The average Bonchev–Trinajstić information content (AvgIpc) is 3.87. The molecule has 56 heavy (non-hydrogen) atoms. The van der Waals surface area contributed by atoms with E-state index in [0.29, 0.717) is 22.3 Å². The molecule has 2 fully saturated rings. The maximum Gasteiger partial charge on any atom is 0.281 e. The van der Waals surface area contributed by atoms with Crippen LogP contribution in [0.5, 0.6) is 11.5 Å². The molecule has 2 aliphatic carbocycles. The lowest BCUT2D eigenvalue weighted by Crippen LogP contribution is -2.47. The van der Waals surface area contributed by atoms with Crippen molar-refractivity contribution in [2.45, 2.75) is 43.4 Å². The summed E-state index contributed by atoms with van der Waals surface area (Å²) in [6, 6.07) is 20.1. The van der Waals surface area contributed by atoms with E-state index in [0.717, 1.165) is 61.7 Å². The Hall–Kier alpha value is -5.57. The number of aromatic amines is 2. The molecule has 4 heterocycles. The lowest BCUT2D eigenvalue weighted by atomic mass is 9.59. The van der Waals surface area contributed by atoms with Crippen LogP contribution in [0.4, 0.5) is 11.4 Å². The molecule has 13 nitrogen and oxygen atoms in total. The predicted octanol–water partition coefficient (Wildman–Crippen LogP) is 8.18. The van der Waals surface area contributed by atoms with Gasteiger partial charge in [-0.15, -0.1) is 0 Å². The van der Waals surface area contributed by atoms with E-state index in [1.807, 2.05) is 36.4 Å². The van der Waals surface area contributed by atoms with E-state index >= 15 is 0 Å². The molecule has 3 aromatic carbocycles. The molecule has 1 amide bonds. The van der Waals surface area contributed by atoms with Crippen molar-refractivity contribution < 1.29 is 18.7 Å². The number of nitro groups is 1. The molecule has 1 atom stereocenters. The van der Waals surface area contributed by atoms with Gasteiger partial charge >= 0.3 is 0 Å². The molecule has 0 bridgehead atoms. The van der Waals surface area contributed by atoms with Gasteiger partial charge in [0.15, 0.2) is 11.0 Å². The van der Waals surface area contributed by atoms with Gasteiger partial charge in [-0.1, -0.05) is 35.7 Å². The number of H-pyrrole nitrogens is 2. The van der Waals surface area contributed by atoms with Crippen LogP contribution in [0.1, 0.15) is 54.4 Å². The van der Waals surface area contributed by atoms with Crippen LogP contribution in [0.25, 0.3) is 27.5 Å². The van der Waals surface area contributed by atoms with Crippen molar-refractivity contribution in [3.63, 3.8) is 0 Å². The zero-order valence-electron chi connectivity index (χ0n) is 30.4. The van der Waals surface area contributed by atoms with Gasteiger partial charge in [0, 0.05) is 67.1 Å². The molecule has 1 spiro atoms. The van der Waals surface area contributed by atoms with Gasteiger partial charge in [-0.25, -0.2) is 9.19 Å². The van der Waals surface area contributed by atoms with Crippen LogP contribution in [0.15, 0.2) is 95.8 Å². The van der Waals surface area contributed by atoms with Crippen LogP contribution in [0.3, 0.4) is 0 Å². The first-order valence-corrected chi connectivity index (χ1v) is 20.3. The molecule has 15 heteroatoms. The molecule has 3 N–H and O–H groups in total. The molecule has 3 aliphatic rings. The molecule has 1 saturated carbocycles. The first kappa shape index (κ1) is 36.1. The highest BCUT2D eigenvalue weighted by Gasteiger charge is 2.41. The third-order valence-electron chi connectivity index (χ3n) is 11.6. The minimum atomic E-state index is -2.13. The number of carbonyl (C=O) groups is 1. The summed E-state index contributed by atoms with van der Waals surface area (Å²) < 4.78 is 22.3.